The molecule has 0 saturated carbocycles. The van der Waals surface area contributed by atoms with Gasteiger partial charge in [0.2, 0.25) is 6.79 Å². The topological polar surface area (TPSA) is 30.5 Å². The van der Waals surface area contributed by atoms with Crippen LogP contribution in [0.1, 0.15) is 178 Å². The standard InChI is InChI=1S/C53H81NO2/c1-42(2)19-11-20-43(3)21-12-22-44(4)23-13-24-45(5)25-14-26-46(6)27-15-28-47(7)29-16-30-48(8)31-17-32-49(9)33-18-34-50(10)37-38-54-40-51-35-36-52-53(39-51)56-41-55-52/h19,21,23,25,27,29,31,33,35-37,39,54H,11-18,20,22,24,26,28,30,32,34,38,40-41H2,1-10H3/b43-21+,44-23+,45-25+,46-27+,47-29+,48-31+,49-33+,50-37+. The number of rotatable bonds is 28. The molecule has 0 spiro atoms. The first-order valence-electron chi connectivity index (χ1n) is 21.9. The van der Waals surface area contributed by atoms with Crippen LogP contribution in [0.15, 0.2) is 123 Å². The van der Waals surface area contributed by atoms with E-state index in [1.54, 1.807) is 0 Å². The number of nitrogens with one attached hydrogen (secondary N) is 1. The van der Waals surface area contributed by atoms with Gasteiger partial charge in [-0.25, -0.2) is 0 Å². The second kappa shape index (κ2) is 29.6. The number of hydrogen-bond donors (Lipinski definition) is 1. The lowest BCUT2D eigenvalue weighted by Crippen LogP contribution is -2.13. The van der Waals surface area contributed by atoms with Crippen molar-refractivity contribution in [1.29, 1.82) is 0 Å². The molecule has 0 amide bonds. The summed E-state index contributed by atoms with van der Waals surface area (Å²) < 4.78 is 10.9. The van der Waals surface area contributed by atoms with E-state index in [0.717, 1.165) is 82.4 Å². The SMILES string of the molecule is CC(C)=CCC/C(C)=C/CC/C(C)=C/CC/C(C)=C/CC/C(C)=C/CC/C(C)=C/CC/C(C)=C/CC/C(C)=C/CC/C(C)=C/CNCc1ccc2c(c1)OCO2. The molecular formula is C53H81NO2. The molecule has 1 aromatic carbocycles. The van der Waals surface area contributed by atoms with E-state index in [4.69, 9.17) is 9.47 Å². The molecule has 1 heterocycles. The predicted molar refractivity (Wildman–Crippen MR) is 248 cm³/mol. The number of ether oxygens (including phenoxy) is 2. The minimum absolute atomic E-state index is 0.324. The highest BCUT2D eigenvalue weighted by atomic mass is 16.7. The first-order chi connectivity index (χ1) is 26.9. The molecule has 0 aromatic heterocycles. The lowest BCUT2D eigenvalue weighted by Gasteiger charge is -2.05. The van der Waals surface area contributed by atoms with Crippen molar-refractivity contribution >= 4 is 0 Å². The van der Waals surface area contributed by atoms with Gasteiger partial charge in [0.15, 0.2) is 11.5 Å². The smallest absolute Gasteiger partial charge is 0.231 e. The van der Waals surface area contributed by atoms with Crippen LogP contribution in [0.5, 0.6) is 11.5 Å². The molecule has 0 aliphatic carbocycles. The van der Waals surface area contributed by atoms with E-state index in [1.807, 2.05) is 6.07 Å². The second-order valence-corrected chi connectivity index (χ2v) is 16.8. The number of fused-ring (bicyclic) bond motifs is 1. The molecule has 1 aliphatic rings. The summed E-state index contributed by atoms with van der Waals surface area (Å²) >= 11 is 0. The first kappa shape index (κ1) is 48.6. The van der Waals surface area contributed by atoms with Gasteiger partial charge in [-0.2, -0.15) is 0 Å². The summed E-state index contributed by atoms with van der Waals surface area (Å²) in [4.78, 5) is 0. The Morgan fingerprint density at radius 2 is 0.750 bits per heavy atom. The summed E-state index contributed by atoms with van der Waals surface area (Å²) in [5, 5.41) is 3.51. The van der Waals surface area contributed by atoms with Crippen LogP contribution in [0.2, 0.25) is 0 Å². The monoisotopic (exact) mass is 764 g/mol. The molecule has 56 heavy (non-hydrogen) atoms. The largest absolute Gasteiger partial charge is 0.454 e. The Balaban J connectivity index is 1.53. The van der Waals surface area contributed by atoms with Crippen molar-refractivity contribution in [3.05, 3.63) is 129 Å². The van der Waals surface area contributed by atoms with Gasteiger partial charge in [-0.05, 0) is 190 Å². The van der Waals surface area contributed by atoms with Crippen LogP contribution in [0.25, 0.3) is 0 Å². The predicted octanol–water partition coefficient (Wildman–Crippen LogP) is 16.3. The fraction of sp³-hybridized carbons (Fsp3) is 0.547. The van der Waals surface area contributed by atoms with Gasteiger partial charge < -0.3 is 14.8 Å². The number of benzene rings is 1. The van der Waals surface area contributed by atoms with E-state index >= 15 is 0 Å². The summed E-state index contributed by atoms with van der Waals surface area (Å²) in [6.45, 7) is 24.7. The summed E-state index contributed by atoms with van der Waals surface area (Å²) in [7, 11) is 0. The normalized spacial score (nSPS) is 14.9. The molecule has 0 fully saturated rings. The minimum Gasteiger partial charge on any atom is -0.454 e. The van der Waals surface area contributed by atoms with Crippen molar-refractivity contribution in [3.63, 3.8) is 0 Å². The zero-order valence-electron chi connectivity index (χ0n) is 37.7. The second-order valence-electron chi connectivity index (χ2n) is 16.8. The quantitative estimate of drug-likeness (QED) is 0.0681. The molecule has 1 aliphatic heterocycles. The third kappa shape index (κ3) is 24.8. The Morgan fingerprint density at radius 1 is 0.429 bits per heavy atom. The van der Waals surface area contributed by atoms with E-state index in [1.165, 1.54) is 101 Å². The lowest BCUT2D eigenvalue weighted by atomic mass is 10.0. The van der Waals surface area contributed by atoms with Gasteiger partial charge in [0.1, 0.15) is 0 Å². The summed E-state index contributed by atoms with van der Waals surface area (Å²) in [5.41, 5.74) is 14.7. The molecular weight excluding hydrogens is 683 g/mol. The van der Waals surface area contributed by atoms with Gasteiger partial charge in [-0.15, -0.1) is 0 Å². The summed E-state index contributed by atoms with van der Waals surface area (Å²) in [6, 6.07) is 6.15. The Morgan fingerprint density at radius 3 is 1.11 bits per heavy atom. The van der Waals surface area contributed by atoms with Crippen molar-refractivity contribution in [3.8, 4) is 11.5 Å². The van der Waals surface area contributed by atoms with Crippen molar-refractivity contribution in [2.24, 2.45) is 0 Å². The Hall–Kier alpha value is -3.56. The van der Waals surface area contributed by atoms with Gasteiger partial charge >= 0.3 is 0 Å². The van der Waals surface area contributed by atoms with E-state index in [2.05, 4.69) is 141 Å². The zero-order valence-corrected chi connectivity index (χ0v) is 37.7. The molecule has 2 rings (SSSR count). The molecule has 1 aromatic rings. The van der Waals surface area contributed by atoms with Crippen molar-refractivity contribution in [1.82, 2.24) is 5.32 Å². The molecule has 0 bridgehead atoms. The summed E-state index contributed by atoms with van der Waals surface area (Å²) in [6.07, 6.45) is 40.3. The van der Waals surface area contributed by atoms with E-state index < -0.39 is 0 Å². The molecule has 0 atom stereocenters. The molecule has 1 N–H and O–H groups in total. The molecule has 0 radical (unpaired) electrons. The van der Waals surface area contributed by atoms with E-state index in [0.29, 0.717) is 6.79 Å². The van der Waals surface area contributed by atoms with Gasteiger partial charge in [0.25, 0.3) is 0 Å². The van der Waals surface area contributed by atoms with E-state index in [-0.39, 0.29) is 0 Å². The van der Waals surface area contributed by atoms with Crippen LogP contribution in [0, 0.1) is 0 Å². The maximum absolute atomic E-state index is 5.48. The molecule has 310 valence electrons. The van der Waals surface area contributed by atoms with Crippen LogP contribution < -0.4 is 14.8 Å². The maximum atomic E-state index is 5.48. The van der Waals surface area contributed by atoms with Gasteiger partial charge in [-0.3, -0.25) is 0 Å². The zero-order chi connectivity index (χ0) is 41.0. The third-order valence-corrected chi connectivity index (χ3v) is 10.7. The van der Waals surface area contributed by atoms with Crippen LogP contribution in [-0.4, -0.2) is 13.3 Å². The van der Waals surface area contributed by atoms with Crippen LogP contribution in [0.3, 0.4) is 0 Å². The minimum atomic E-state index is 0.324. The summed E-state index contributed by atoms with van der Waals surface area (Å²) in [5.74, 6) is 1.69. The maximum Gasteiger partial charge on any atom is 0.231 e. The van der Waals surface area contributed by atoms with Crippen molar-refractivity contribution in [2.45, 2.75) is 179 Å². The Kier molecular flexibility index (Phi) is 25.7. The fourth-order valence-electron chi connectivity index (χ4n) is 6.74. The molecule has 3 heteroatoms. The highest BCUT2D eigenvalue weighted by Crippen LogP contribution is 2.32. The average Bonchev–Trinajstić information content (AvgIpc) is 3.61. The van der Waals surface area contributed by atoms with Gasteiger partial charge in [-0.1, -0.05) is 111 Å². The van der Waals surface area contributed by atoms with Crippen LogP contribution in [-0.2, 0) is 6.54 Å². The number of hydrogen-bond acceptors (Lipinski definition) is 3. The van der Waals surface area contributed by atoms with E-state index in [9.17, 15) is 0 Å². The van der Waals surface area contributed by atoms with Crippen molar-refractivity contribution < 1.29 is 9.47 Å². The van der Waals surface area contributed by atoms with Gasteiger partial charge in [0, 0.05) is 13.1 Å². The average molecular weight is 764 g/mol. The highest BCUT2D eigenvalue weighted by molar-refractivity contribution is 5.44. The van der Waals surface area contributed by atoms with Gasteiger partial charge in [0.05, 0.1) is 0 Å². The molecule has 3 nitrogen and oxygen atoms in total. The Labute approximate surface area is 345 Å². The molecule has 0 saturated heterocycles. The first-order valence-corrected chi connectivity index (χ1v) is 21.9. The lowest BCUT2D eigenvalue weighted by molar-refractivity contribution is 0.174. The van der Waals surface area contributed by atoms with Crippen LogP contribution in [0.4, 0.5) is 0 Å². The van der Waals surface area contributed by atoms with Crippen molar-refractivity contribution in [2.75, 3.05) is 13.3 Å². The third-order valence-electron chi connectivity index (χ3n) is 10.7. The Bertz CT molecular complexity index is 1580. The number of allylic oxidation sites excluding steroid dienone is 17. The fourth-order valence-corrected chi connectivity index (χ4v) is 6.74. The van der Waals surface area contributed by atoms with Crippen LogP contribution >= 0.6 is 0 Å². The molecule has 0 unspecified atom stereocenters. The highest BCUT2D eigenvalue weighted by Gasteiger charge is 2.12.